The van der Waals surface area contributed by atoms with Crippen molar-refractivity contribution in [2.45, 2.75) is 19.4 Å². The minimum Gasteiger partial charge on any atom is -0.481 e. The summed E-state index contributed by atoms with van der Waals surface area (Å²) in [5.41, 5.74) is 7.14. The highest BCUT2D eigenvalue weighted by Gasteiger charge is 2.18. The molecule has 1 heterocycles. The Balaban J connectivity index is 2.25. The Morgan fingerprint density at radius 1 is 1.47 bits per heavy atom. The van der Waals surface area contributed by atoms with Gasteiger partial charge in [0.05, 0.1) is 5.92 Å². The van der Waals surface area contributed by atoms with Gasteiger partial charge in [-0.25, -0.2) is 0 Å². The second-order valence-corrected chi connectivity index (χ2v) is 5.18. The van der Waals surface area contributed by atoms with E-state index in [1.165, 1.54) is 4.70 Å². The molecule has 0 fully saturated rings. The maximum absolute atomic E-state index is 10.8. The van der Waals surface area contributed by atoms with Crippen LogP contribution in [-0.2, 0) is 4.79 Å². The van der Waals surface area contributed by atoms with Gasteiger partial charge in [-0.3, -0.25) is 4.79 Å². The Morgan fingerprint density at radius 2 is 2.18 bits per heavy atom. The molecule has 0 saturated carbocycles. The Bertz CT molecular complexity index is 535. The van der Waals surface area contributed by atoms with E-state index in [2.05, 4.69) is 6.07 Å². The summed E-state index contributed by atoms with van der Waals surface area (Å²) in [6.45, 7) is 1.69. The summed E-state index contributed by atoms with van der Waals surface area (Å²) in [5, 5.41) is 12.1. The van der Waals surface area contributed by atoms with Gasteiger partial charge in [0.15, 0.2) is 0 Å². The summed E-state index contributed by atoms with van der Waals surface area (Å²) >= 11 is 1.65. The quantitative estimate of drug-likeness (QED) is 0.875. The molecular formula is C13H15NO2S. The molecule has 90 valence electrons. The van der Waals surface area contributed by atoms with Gasteiger partial charge in [-0.05, 0) is 28.8 Å². The smallest absolute Gasteiger partial charge is 0.306 e. The molecule has 3 N–H and O–H groups in total. The van der Waals surface area contributed by atoms with Gasteiger partial charge in [0, 0.05) is 10.7 Å². The predicted molar refractivity (Wildman–Crippen MR) is 70.2 cm³/mol. The number of carboxylic acids is 1. The molecule has 2 rings (SSSR count). The minimum absolute atomic E-state index is 0.211. The molecule has 0 aliphatic rings. The lowest BCUT2D eigenvalue weighted by Crippen LogP contribution is -2.18. The normalized spacial score (nSPS) is 14.7. The van der Waals surface area contributed by atoms with E-state index in [1.54, 1.807) is 18.3 Å². The lowest BCUT2D eigenvalue weighted by molar-refractivity contribution is -0.141. The van der Waals surface area contributed by atoms with Gasteiger partial charge < -0.3 is 10.8 Å². The van der Waals surface area contributed by atoms with Gasteiger partial charge in [0.2, 0.25) is 0 Å². The molecule has 0 bridgehead atoms. The summed E-state index contributed by atoms with van der Waals surface area (Å²) in [7, 11) is 0. The first-order valence-electron chi connectivity index (χ1n) is 5.54. The van der Waals surface area contributed by atoms with Gasteiger partial charge in [-0.2, -0.15) is 0 Å². The second-order valence-electron chi connectivity index (χ2n) is 4.27. The number of thiophene rings is 1. The molecule has 2 aromatic rings. The van der Waals surface area contributed by atoms with E-state index in [1.807, 2.05) is 23.6 Å². The molecule has 0 saturated heterocycles. The highest BCUT2D eigenvalue weighted by molar-refractivity contribution is 7.17. The number of rotatable bonds is 4. The summed E-state index contributed by atoms with van der Waals surface area (Å²) in [6.07, 6.45) is 0.468. The number of carbonyl (C=O) groups is 1. The van der Waals surface area contributed by atoms with E-state index in [9.17, 15) is 4.79 Å². The van der Waals surface area contributed by atoms with Crippen LogP contribution >= 0.6 is 11.3 Å². The van der Waals surface area contributed by atoms with Crippen molar-refractivity contribution >= 4 is 27.4 Å². The average Bonchev–Trinajstić information content (AvgIpc) is 2.72. The fourth-order valence-electron chi connectivity index (χ4n) is 1.89. The molecule has 2 unspecified atom stereocenters. The summed E-state index contributed by atoms with van der Waals surface area (Å²) < 4.78 is 1.20. The number of hydrogen-bond donors (Lipinski definition) is 2. The van der Waals surface area contributed by atoms with Crippen LogP contribution in [0.5, 0.6) is 0 Å². The molecule has 4 heteroatoms. The molecular weight excluding hydrogens is 234 g/mol. The van der Waals surface area contributed by atoms with Gasteiger partial charge in [0.1, 0.15) is 0 Å². The molecule has 17 heavy (non-hydrogen) atoms. The zero-order chi connectivity index (χ0) is 12.4. The van der Waals surface area contributed by atoms with Gasteiger partial charge in [0.25, 0.3) is 0 Å². The van der Waals surface area contributed by atoms with Crippen LogP contribution in [0.1, 0.15) is 24.9 Å². The van der Waals surface area contributed by atoms with E-state index in [4.69, 9.17) is 10.8 Å². The third-order valence-electron chi connectivity index (χ3n) is 2.94. The number of hydrogen-bond acceptors (Lipinski definition) is 3. The zero-order valence-corrected chi connectivity index (χ0v) is 10.4. The van der Waals surface area contributed by atoms with Crippen LogP contribution in [0.3, 0.4) is 0 Å². The zero-order valence-electron chi connectivity index (χ0n) is 9.59. The maximum Gasteiger partial charge on any atom is 0.306 e. The molecule has 0 aliphatic carbocycles. The molecule has 0 amide bonds. The van der Waals surface area contributed by atoms with Crippen LogP contribution in [0.15, 0.2) is 29.6 Å². The van der Waals surface area contributed by atoms with E-state index < -0.39 is 11.9 Å². The lowest BCUT2D eigenvalue weighted by atomic mass is 9.96. The monoisotopic (exact) mass is 249 g/mol. The Kier molecular flexibility index (Phi) is 3.45. The molecule has 1 aromatic carbocycles. The van der Waals surface area contributed by atoms with E-state index in [-0.39, 0.29) is 6.04 Å². The van der Waals surface area contributed by atoms with Crippen LogP contribution in [0.4, 0.5) is 0 Å². The number of carboxylic acid groups (broad SMARTS) is 1. The summed E-state index contributed by atoms with van der Waals surface area (Å²) in [6, 6.07) is 7.85. The van der Waals surface area contributed by atoms with Crippen molar-refractivity contribution in [3.05, 3.63) is 35.2 Å². The molecule has 0 aliphatic heterocycles. The standard InChI is InChI=1S/C13H15NO2S/c1-8(13(15)16)6-11(14)10-7-17-12-5-3-2-4-9(10)12/h2-5,7-8,11H,6,14H2,1H3,(H,15,16). The first-order valence-corrected chi connectivity index (χ1v) is 6.42. The lowest BCUT2D eigenvalue weighted by Gasteiger charge is -2.13. The van der Waals surface area contributed by atoms with Crippen molar-refractivity contribution in [3.8, 4) is 0 Å². The van der Waals surface area contributed by atoms with Crippen LogP contribution < -0.4 is 5.73 Å². The average molecular weight is 249 g/mol. The Labute approximate surface area is 104 Å². The first-order chi connectivity index (χ1) is 8.09. The van der Waals surface area contributed by atoms with E-state index in [0.717, 1.165) is 10.9 Å². The summed E-state index contributed by atoms with van der Waals surface area (Å²) in [5.74, 6) is -1.20. The van der Waals surface area contributed by atoms with E-state index in [0.29, 0.717) is 6.42 Å². The number of nitrogens with two attached hydrogens (primary N) is 1. The molecule has 2 atom stereocenters. The largest absolute Gasteiger partial charge is 0.481 e. The van der Waals surface area contributed by atoms with Gasteiger partial charge in [-0.15, -0.1) is 11.3 Å². The van der Waals surface area contributed by atoms with Crippen molar-refractivity contribution in [1.82, 2.24) is 0 Å². The second kappa shape index (κ2) is 4.85. The predicted octanol–water partition coefficient (Wildman–Crippen LogP) is 3.01. The van der Waals surface area contributed by atoms with Crippen molar-refractivity contribution in [2.24, 2.45) is 11.7 Å². The fraction of sp³-hybridized carbons (Fsp3) is 0.308. The first kappa shape index (κ1) is 12.1. The van der Waals surface area contributed by atoms with Crippen molar-refractivity contribution in [3.63, 3.8) is 0 Å². The number of fused-ring (bicyclic) bond motifs is 1. The Morgan fingerprint density at radius 3 is 2.88 bits per heavy atom. The fourth-order valence-corrected chi connectivity index (χ4v) is 2.92. The number of benzene rings is 1. The Hall–Kier alpha value is -1.39. The SMILES string of the molecule is CC(CC(N)c1csc2ccccc12)C(=O)O. The van der Waals surface area contributed by atoms with Crippen LogP contribution in [0, 0.1) is 5.92 Å². The van der Waals surface area contributed by atoms with E-state index >= 15 is 0 Å². The molecule has 0 spiro atoms. The van der Waals surface area contributed by atoms with Crippen molar-refractivity contribution < 1.29 is 9.90 Å². The highest BCUT2D eigenvalue weighted by Crippen LogP contribution is 2.31. The third kappa shape index (κ3) is 2.48. The van der Waals surface area contributed by atoms with Crippen molar-refractivity contribution in [2.75, 3.05) is 0 Å². The third-order valence-corrected chi connectivity index (χ3v) is 3.92. The number of aliphatic carboxylic acids is 1. The van der Waals surface area contributed by atoms with Crippen LogP contribution in [-0.4, -0.2) is 11.1 Å². The van der Waals surface area contributed by atoms with Gasteiger partial charge >= 0.3 is 5.97 Å². The summed E-state index contributed by atoms with van der Waals surface area (Å²) in [4.78, 5) is 10.8. The minimum atomic E-state index is -0.792. The highest BCUT2D eigenvalue weighted by atomic mass is 32.1. The molecule has 1 aromatic heterocycles. The maximum atomic E-state index is 10.8. The van der Waals surface area contributed by atoms with Crippen LogP contribution in [0.25, 0.3) is 10.1 Å². The van der Waals surface area contributed by atoms with Gasteiger partial charge in [-0.1, -0.05) is 25.1 Å². The topological polar surface area (TPSA) is 63.3 Å². The van der Waals surface area contributed by atoms with Crippen LogP contribution in [0.2, 0.25) is 0 Å². The molecule has 0 radical (unpaired) electrons. The van der Waals surface area contributed by atoms with Crippen molar-refractivity contribution in [1.29, 1.82) is 0 Å². The molecule has 3 nitrogen and oxygen atoms in total.